The van der Waals surface area contributed by atoms with Gasteiger partial charge in [-0.15, -0.1) is 0 Å². The number of nitrogens with zero attached hydrogens (tertiary/aromatic N) is 2. The van der Waals surface area contributed by atoms with E-state index in [1.165, 1.54) is 28.6 Å². The van der Waals surface area contributed by atoms with Crippen molar-refractivity contribution in [2.75, 3.05) is 31.6 Å². The molecule has 3 aromatic rings. The average Bonchev–Trinajstić information content (AvgIpc) is 2.86. The van der Waals surface area contributed by atoms with Gasteiger partial charge in [-0.3, -0.25) is 9.21 Å². The topological polar surface area (TPSA) is 59.1 Å². The van der Waals surface area contributed by atoms with Gasteiger partial charge in [0.1, 0.15) is 17.3 Å². The van der Waals surface area contributed by atoms with E-state index >= 15 is 0 Å². The molecule has 0 unspecified atom stereocenters. The molecule has 0 atom stereocenters. The van der Waals surface area contributed by atoms with E-state index in [0.29, 0.717) is 25.1 Å². The number of methoxy groups -OCH3 is 2. The van der Waals surface area contributed by atoms with Crippen molar-refractivity contribution in [1.82, 2.24) is 4.90 Å². The number of anilines is 1. The number of rotatable bonds is 8. The van der Waals surface area contributed by atoms with E-state index in [4.69, 9.17) is 9.47 Å². The fourth-order valence-electron chi connectivity index (χ4n) is 4.55. The second-order valence-corrected chi connectivity index (χ2v) is 10.6. The molecule has 1 aliphatic heterocycles. The van der Waals surface area contributed by atoms with Crippen LogP contribution in [0.3, 0.4) is 0 Å². The summed E-state index contributed by atoms with van der Waals surface area (Å²) in [7, 11) is -0.569. The largest absolute Gasteiger partial charge is 0.497 e. The van der Waals surface area contributed by atoms with Crippen molar-refractivity contribution in [3.8, 4) is 11.5 Å². The number of hydrogen-bond acceptors (Lipinski definition) is 5. The van der Waals surface area contributed by atoms with E-state index in [9.17, 15) is 12.8 Å². The molecule has 3 aromatic carbocycles. The summed E-state index contributed by atoms with van der Waals surface area (Å²) >= 11 is 0. The lowest BCUT2D eigenvalue weighted by Crippen LogP contribution is -2.47. The maximum atomic E-state index is 13.8. The van der Waals surface area contributed by atoms with Gasteiger partial charge in [0.25, 0.3) is 10.0 Å². The molecule has 186 valence electrons. The van der Waals surface area contributed by atoms with E-state index < -0.39 is 15.8 Å². The van der Waals surface area contributed by atoms with Crippen LogP contribution < -0.4 is 13.8 Å². The van der Waals surface area contributed by atoms with Crippen LogP contribution in [0, 0.1) is 12.7 Å². The number of hydrogen-bond donors (Lipinski definition) is 0. The van der Waals surface area contributed by atoms with Crippen LogP contribution in [0.15, 0.2) is 71.6 Å². The number of likely N-dealkylation sites (tertiary alicyclic amines) is 1. The number of ether oxygens (including phenoxy) is 2. The smallest absolute Gasteiger partial charge is 0.264 e. The molecule has 0 N–H and O–H groups in total. The summed E-state index contributed by atoms with van der Waals surface area (Å²) in [6.07, 6.45) is 1.31. The summed E-state index contributed by atoms with van der Waals surface area (Å²) in [6.45, 7) is 4.03. The molecule has 4 rings (SSSR count). The molecule has 35 heavy (non-hydrogen) atoms. The average molecular weight is 499 g/mol. The molecule has 6 nitrogen and oxygen atoms in total. The van der Waals surface area contributed by atoms with Crippen LogP contribution >= 0.6 is 0 Å². The monoisotopic (exact) mass is 498 g/mol. The SMILES string of the molecule is COc1cc(CN2CCC(N(c3ccc(F)cc3)S(=O)(=O)c3cccc(C)c3)CC2)cc(OC)c1. The van der Waals surface area contributed by atoms with Crippen molar-refractivity contribution < 1.29 is 22.3 Å². The summed E-state index contributed by atoms with van der Waals surface area (Å²) in [5, 5.41) is 0. The number of sulfonamides is 1. The third-order valence-electron chi connectivity index (χ3n) is 6.33. The summed E-state index contributed by atoms with van der Waals surface area (Å²) in [4.78, 5) is 2.54. The lowest BCUT2D eigenvalue weighted by atomic mass is 10.0. The lowest BCUT2D eigenvalue weighted by Gasteiger charge is -2.39. The van der Waals surface area contributed by atoms with Crippen molar-refractivity contribution >= 4 is 15.7 Å². The van der Waals surface area contributed by atoms with Crippen LogP contribution in [-0.2, 0) is 16.6 Å². The molecule has 1 aliphatic rings. The molecule has 0 amide bonds. The Labute approximate surface area is 206 Å². The van der Waals surface area contributed by atoms with Crippen LogP contribution in [0.1, 0.15) is 24.0 Å². The van der Waals surface area contributed by atoms with Crippen molar-refractivity contribution in [2.45, 2.75) is 37.2 Å². The van der Waals surface area contributed by atoms with E-state index in [2.05, 4.69) is 4.90 Å². The Kier molecular flexibility index (Phi) is 7.62. The van der Waals surface area contributed by atoms with Gasteiger partial charge >= 0.3 is 0 Å². The minimum absolute atomic E-state index is 0.234. The molecule has 0 radical (unpaired) electrons. The van der Waals surface area contributed by atoms with Gasteiger partial charge in [0, 0.05) is 31.7 Å². The molecular formula is C27H31FN2O4S. The first kappa shape index (κ1) is 25.0. The first-order valence-electron chi connectivity index (χ1n) is 11.6. The first-order chi connectivity index (χ1) is 16.8. The molecule has 0 bridgehead atoms. The minimum Gasteiger partial charge on any atom is -0.497 e. The van der Waals surface area contributed by atoms with Crippen LogP contribution in [0.5, 0.6) is 11.5 Å². The fraction of sp³-hybridized carbons (Fsp3) is 0.333. The van der Waals surface area contributed by atoms with E-state index in [-0.39, 0.29) is 10.9 Å². The highest BCUT2D eigenvalue weighted by Crippen LogP contribution is 2.32. The van der Waals surface area contributed by atoms with Gasteiger partial charge in [-0.25, -0.2) is 12.8 Å². The van der Waals surface area contributed by atoms with Gasteiger partial charge in [0.05, 0.1) is 24.8 Å². The predicted molar refractivity (Wildman–Crippen MR) is 135 cm³/mol. The second kappa shape index (κ2) is 10.7. The van der Waals surface area contributed by atoms with Gasteiger partial charge < -0.3 is 9.47 Å². The molecular weight excluding hydrogens is 467 g/mol. The Morgan fingerprint density at radius 3 is 2.14 bits per heavy atom. The summed E-state index contributed by atoms with van der Waals surface area (Å²) in [6, 6.07) is 18.2. The molecule has 1 fully saturated rings. The first-order valence-corrected chi connectivity index (χ1v) is 13.0. The molecule has 0 saturated carbocycles. The standard InChI is InChI=1S/C27H31FN2O4S/c1-20-5-4-6-27(15-20)35(31,32)30(23-9-7-22(28)8-10-23)24-11-13-29(14-12-24)19-21-16-25(33-2)18-26(17-21)34-3/h4-10,15-18,24H,11-14,19H2,1-3H3. The predicted octanol–water partition coefficient (Wildman–Crippen LogP) is 5.01. The van der Waals surface area contributed by atoms with Gasteiger partial charge in [-0.2, -0.15) is 0 Å². The van der Waals surface area contributed by atoms with Gasteiger partial charge in [0.2, 0.25) is 0 Å². The van der Waals surface area contributed by atoms with Crippen LogP contribution in [-0.4, -0.2) is 46.7 Å². The molecule has 0 spiro atoms. The Morgan fingerprint density at radius 1 is 0.943 bits per heavy atom. The highest BCUT2D eigenvalue weighted by Gasteiger charge is 2.34. The van der Waals surface area contributed by atoms with Crippen LogP contribution in [0.4, 0.5) is 10.1 Å². The molecule has 8 heteroatoms. The summed E-state index contributed by atoms with van der Waals surface area (Å²) in [5.41, 5.74) is 2.42. The number of halogens is 1. The lowest BCUT2D eigenvalue weighted by molar-refractivity contribution is 0.206. The Hall–Kier alpha value is -3.10. The molecule has 1 saturated heterocycles. The molecule has 0 aromatic heterocycles. The molecule has 1 heterocycles. The van der Waals surface area contributed by atoms with Crippen molar-refractivity contribution in [3.63, 3.8) is 0 Å². The van der Waals surface area contributed by atoms with Crippen molar-refractivity contribution in [1.29, 1.82) is 0 Å². The number of piperidine rings is 1. The van der Waals surface area contributed by atoms with E-state index in [0.717, 1.165) is 35.7 Å². The second-order valence-electron chi connectivity index (χ2n) is 8.82. The van der Waals surface area contributed by atoms with Crippen LogP contribution in [0.25, 0.3) is 0 Å². The number of benzene rings is 3. The fourth-order valence-corrected chi connectivity index (χ4v) is 6.37. The summed E-state index contributed by atoms with van der Waals surface area (Å²) < 4.78 is 53.4. The Bertz CT molecular complexity index is 1230. The molecule has 0 aliphatic carbocycles. The zero-order chi connectivity index (χ0) is 25.0. The third kappa shape index (κ3) is 5.77. The summed E-state index contributed by atoms with van der Waals surface area (Å²) in [5.74, 6) is 1.08. The quantitative estimate of drug-likeness (QED) is 0.437. The number of aryl methyl sites for hydroxylation is 1. The Morgan fingerprint density at radius 2 is 1.57 bits per heavy atom. The zero-order valence-electron chi connectivity index (χ0n) is 20.3. The van der Waals surface area contributed by atoms with Crippen molar-refractivity contribution in [2.24, 2.45) is 0 Å². The van der Waals surface area contributed by atoms with E-state index in [1.807, 2.05) is 31.2 Å². The Balaban J connectivity index is 1.56. The maximum Gasteiger partial charge on any atom is 0.264 e. The minimum atomic E-state index is -3.82. The zero-order valence-corrected chi connectivity index (χ0v) is 21.1. The highest BCUT2D eigenvalue weighted by atomic mass is 32.2. The van der Waals surface area contributed by atoms with E-state index in [1.54, 1.807) is 32.4 Å². The van der Waals surface area contributed by atoms with Crippen LogP contribution in [0.2, 0.25) is 0 Å². The normalized spacial score (nSPS) is 15.1. The third-order valence-corrected chi connectivity index (χ3v) is 8.21. The van der Waals surface area contributed by atoms with Gasteiger partial charge in [-0.05, 0) is 79.4 Å². The van der Waals surface area contributed by atoms with Gasteiger partial charge in [0.15, 0.2) is 0 Å². The maximum absolute atomic E-state index is 13.8. The van der Waals surface area contributed by atoms with Gasteiger partial charge in [-0.1, -0.05) is 12.1 Å². The highest BCUT2D eigenvalue weighted by molar-refractivity contribution is 7.92. The van der Waals surface area contributed by atoms with Crippen molar-refractivity contribution in [3.05, 3.63) is 83.7 Å².